The number of phenolic OH excluding ortho intramolecular Hbond substituents is 1. The molecule has 0 saturated heterocycles. The van der Waals surface area contributed by atoms with Gasteiger partial charge in [0.1, 0.15) is 13.2 Å². The van der Waals surface area contributed by atoms with Crippen molar-refractivity contribution in [1.29, 1.82) is 0 Å². The van der Waals surface area contributed by atoms with Crippen LogP contribution in [0.3, 0.4) is 0 Å². The van der Waals surface area contributed by atoms with E-state index in [0.29, 0.717) is 31.1 Å². The first-order valence-corrected chi connectivity index (χ1v) is 12.3. The van der Waals surface area contributed by atoms with Crippen molar-refractivity contribution in [2.45, 2.75) is 32.1 Å². The van der Waals surface area contributed by atoms with Crippen LogP contribution in [-0.2, 0) is 26.1 Å². The van der Waals surface area contributed by atoms with Crippen molar-refractivity contribution in [2.75, 3.05) is 6.54 Å². The first-order valence-electron chi connectivity index (χ1n) is 12.3. The zero-order valence-electron chi connectivity index (χ0n) is 20.3. The summed E-state index contributed by atoms with van der Waals surface area (Å²) in [5.74, 6) is 1.02. The molecule has 0 radical (unpaired) electrons. The van der Waals surface area contributed by atoms with Gasteiger partial charge in [-0.05, 0) is 65.4 Å². The number of ether oxygens (including phenoxy) is 2. The summed E-state index contributed by atoms with van der Waals surface area (Å²) in [4.78, 5) is 10.7. The second kappa shape index (κ2) is 11.1. The van der Waals surface area contributed by atoms with Crippen LogP contribution in [0.1, 0.15) is 33.9 Å². The molecule has 37 heavy (non-hydrogen) atoms. The summed E-state index contributed by atoms with van der Waals surface area (Å²) in [5, 5.41) is 24.7. The smallest absolute Gasteiger partial charge is 0.310 e. The fourth-order valence-corrected chi connectivity index (χ4v) is 4.61. The van der Waals surface area contributed by atoms with Gasteiger partial charge in [0.05, 0.1) is 4.92 Å². The number of nitrogens with one attached hydrogen (secondary N) is 1. The Morgan fingerprint density at radius 3 is 2.08 bits per heavy atom. The number of nitro groups is 1. The lowest BCUT2D eigenvalue weighted by Gasteiger charge is -2.29. The molecule has 4 aromatic carbocycles. The molecule has 188 valence electrons. The summed E-state index contributed by atoms with van der Waals surface area (Å²) < 4.78 is 12.5. The summed E-state index contributed by atoms with van der Waals surface area (Å²) in [6, 6.07) is 28.6. The van der Waals surface area contributed by atoms with E-state index in [2.05, 4.69) is 11.4 Å². The van der Waals surface area contributed by atoms with E-state index in [9.17, 15) is 15.2 Å². The highest BCUT2D eigenvalue weighted by molar-refractivity contribution is 5.51. The first kappa shape index (κ1) is 24.3. The summed E-state index contributed by atoms with van der Waals surface area (Å²) in [6.07, 6.45) is 1.37. The second-order valence-electron chi connectivity index (χ2n) is 9.09. The molecule has 7 nitrogen and oxygen atoms in total. The van der Waals surface area contributed by atoms with Gasteiger partial charge < -0.3 is 19.9 Å². The largest absolute Gasteiger partial charge is 0.502 e. The highest BCUT2D eigenvalue weighted by Gasteiger charge is 2.24. The molecule has 2 N–H and O–H groups in total. The van der Waals surface area contributed by atoms with Crippen LogP contribution in [0.4, 0.5) is 5.69 Å². The lowest BCUT2D eigenvalue weighted by Crippen LogP contribution is -2.31. The standard InChI is InChI=1S/C30H28N2O5/c33-28-12-11-23(16-27(28)32(34)35)15-26-25-18-30(37-20-22-9-5-2-6-10-22)29(17-24(25)13-14-31-26)36-19-21-7-3-1-4-8-21/h1-12,16-18,26,31,33H,13-15,19-20H2. The van der Waals surface area contributed by atoms with Crippen LogP contribution in [0.25, 0.3) is 0 Å². The van der Waals surface area contributed by atoms with E-state index in [1.807, 2.05) is 66.7 Å². The predicted octanol–water partition coefficient (Wildman–Crippen LogP) is 5.89. The van der Waals surface area contributed by atoms with Gasteiger partial charge in [-0.25, -0.2) is 0 Å². The SMILES string of the molecule is O=[N+]([O-])c1cc(CC2NCCc3cc(OCc4ccccc4)c(OCc4ccccc4)cc32)ccc1O. The maximum atomic E-state index is 11.3. The third-order valence-electron chi connectivity index (χ3n) is 6.52. The van der Waals surface area contributed by atoms with Gasteiger partial charge in [-0.1, -0.05) is 66.7 Å². The van der Waals surface area contributed by atoms with Crippen molar-refractivity contribution in [2.24, 2.45) is 0 Å². The Labute approximate surface area is 215 Å². The average molecular weight is 497 g/mol. The molecule has 0 saturated carbocycles. The summed E-state index contributed by atoms with van der Waals surface area (Å²) in [6.45, 7) is 1.62. The van der Waals surface area contributed by atoms with Crippen LogP contribution in [0.5, 0.6) is 17.2 Å². The quantitative estimate of drug-likeness (QED) is 0.222. The van der Waals surface area contributed by atoms with Crippen LogP contribution in [0, 0.1) is 10.1 Å². The van der Waals surface area contributed by atoms with Gasteiger partial charge >= 0.3 is 5.69 Å². The second-order valence-corrected chi connectivity index (χ2v) is 9.09. The first-order chi connectivity index (χ1) is 18.1. The molecular weight excluding hydrogens is 468 g/mol. The molecule has 1 unspecified atom stereocenters. The monoisotopic (exact) mass is 496 g/mol. The van der Waals surface area contributed by atoms with E-state index >= 15 is 0 Å². The number of fused-ring (bicyclic) bond motifs is 1. The lowest BCUT2D eigenvalue weighted by molar-refractivity contribution is -0.385. The van der Waals surface area contributed by atoms with Crippen molar-refractivity contribution in [3.63, 3.8) is 0 Å². The van der Waals surface area contributed by atoms with Crippen molar-refractivity contribution in [1.82, 2.24) is 5.32 Å². The van der Waals surface area contributed by atoms with Crippen LogP contribution in [0.2, 0.25) is 0 Å². The van der Waals surface area contributed by atoms with Crippen molar-refractivity contribution in [3.8, 4) is 17.2 Å². The van der Waals surface area contributed by atoms with E-state index in [-0.39, 0.29) is 17.5 Å². The highest BCUT2D eigenvalue weighted by atomic mass is 16.6. The zero-order chi connectivity index (χ0) is 25.6. The summed E-state index contributed by atoms with van der Waals surface area (Å²) >= 11 is 0. The minimum Gasteiger partial charge on any atom is -0.502 e. The number of nitrogens with zero attached hydrogens (tertiary/aromatic N) is 1. The fraction of sp³-hybridized carbons (Fsp3) is 0.200. The van der Waals surface area contributed by atoms with E-state index in [1.54, 1.807) is 6.07 Å². The van der Waals surface area contributed by atoms with Crippen molar-refractivity contribution < 1.29 is 19.5 Å². The van der Waals surface area contributed by atoms with Crippen LogP contribution in [0.15, 0.2) is 91.0 Å². The molecule has 0 spiro atoms. The van der Waals surface area contributed by atoms with Crippen LogP contribution in [-0.4, -0.2) is 16.6 Å². The van der Waals surface area contributed by atoms with E-state index in [1.165, 1.54) is 12.1 Å². The molecule has 5 rings (SSSR count). The number of hydrogen-bond acceptors (Lipinski definition) is 6. The molecule has 0 amide bonds. The summed E-state index contributed by atoms with van der Waals surface area (Å²) in [7, 11) is 0. The maximum absolute atomic E-state index is 11.3. The van der Waals surface area contributed by atoms with Crippen LogP contribution >= 0.6 is 0 Å². The predicted molar refractivity (Wildman–Crippen MR) is 141 cm³/mol. The Balaban J connectivity index is 1.44. The van der Waals surface area contributed by atoms with E-state index < -0.39 is 4.92 Å². The molecule has 0 fully saturated rings. The van der Waals surface area contributed by atoms with E-state index in [4.69, 9.17) is 9.47 Å². The molecule has 7 heteroatoms. The molecule has 0 bridgehead atoms. The minimum absolute atomic E-state index is 0.0601. The Morgan fingerprint density at radius 1 is 0.838 bits per heavy atom. The number of aromatic hydroxyl groups is 1. The Bertz CT molecular complexity index is 1380. The molecule has 0 aromatic heterocycles. The van der Waals surface area contributed by atoms with Gasteiger partial charge in [0.25, 0.3) is 0 Å². The summed E-state index contributed by atoms with van der Waals surface area (Å²) in [5.41, 5.74) is 4.85. The van der Waals surface area contributed by atoms with Gasteiger partial charge in [0, 0.05) is 12.1 Å². The number of hydrogen-bond donors (Lipinski definition) is 2. The highest BCUT2D eigenvalue weighted by Crippen LogP contribution is 2.38. The Morgan fingerprint density at radius 2 is 1.46 bits per heavy atom. The number of nitro benzene ring substituents is 1. The van der Waals surface area contributed by atoms with Crippen LogP contribution < -0.4 is 14.8 Å². The Hall–Kier alpha value is -4.36. The maximum Gasteiger partial charge on any atom is 0.310 e. The zero-order valence-corrected chi connectivity index (χ0v) is 20.3. The molecular formula is C30H28N2O5. The minimum atomic E-state index is -0.563. The third kappa shape index (κ3) is 5.90. The van der Waals surface area contributed by atoms with Gasteiger partial charge in [0.2, 0.25) is 0 Å². The molecule has 1 aliphatic heterocycles. The average Bonchev–Trinajstić information content (AvgIpc) is 2.93. The lowest BCUT2D eigenvalue weighted by atomic mass is 9.89. The van der Waals surface area contributed by atoms with Crippen molar-refractivity contribution >= 4 is 5.69 Å². The Kier molecular flexibility index (Phi) is 7.33. The van der Waals surface area contributed by atoms with Crippen molar-refractivity contribution in [3.05, 3.63) is 129 Å². The molecule has 4 aromatic rings. The molecule has 1 aliphatic rings. The van der Waals surface area contributed by atoms with Gasteiger partial charge in [-0.3, -0.25) is 10.1 Å². The van der Waals surface area contributed by atoms with Gasteiger partial charge in [-0.2, -0.15) is 0 Å². The number of phenols is 1. The van der Waals surface area contributed by atoms with Gasteiger partial charge in [-0.15, -0.1) is 0 Å². The number of rotatable bonds is 9. The third-order valence-corrected chi connectivity index (χ3v) is 6.52. The molecule has 1 atom stereocenters. The number of benzene rings is 4. The topological polar surface area (TPSA) is 93.9 Å². The van der Waals surface area contributed by atoms with Gasteiger partial charge in [0.15, 0.2) is 17.2 Å². The normalized spacial score (nSPS) is 14.5. The fourth-order valence-electron chi connectivity index (χ4n) is 4.61. The molecule has 0 aliphatic carbocycles. The molecule has 1 heterocycles. The van der Waals surface area contributed by atoms with E-state index in [0.717, 1.165) is 40.8 Å².